The van der Waals surface area contributed by atoms with Crippen LogP contribution in [0, 0.1) is 11.3 Å². The van der Waals surface area contributed by atoms with Gasteiger partial charge in [-0.15, -0.1) is 0 Å². The number of halogens is 3. The molecule has 4 rings (SSSR count). The van der Waals surface area contributed by atoms with Crippen molar-refractivity contribution in [2.75, 3.05) is 26.2 Å². The van der Waals surface area contributed by atoms with Crippen molar-refractivity contribution in [3.63, 3.8) is 0 Å². The summed E-state index contributed by atoms with van der Waals surface area (Å²) < 4.78 is 70.4. The number of benzene rings is 2. The van der Waals surface area contributed by atoms with Gasteiger partial charge in [-0.2, -0.15) is 13.2 Å². The van der Waals surface area contributed by atoms with E-state index in [1.807, 2.05) is 20.8 Å². The first-order chi connectivity index (χ1) is 18.2. The molecule has 1 atom stereocenters. The Bertz CT molecular complexity index is 1320. The Kier molecular flexibility index (Phi) is 8.14. The first-order valence-electron chi connectivity index (χ1n) is 13.0. The Morgan fingerprint density at radius 1 is 0.872 bits per heavy atom. The topological polar surface area (TPSA) is 86.8 Å². The number of carbonyl (C=O) groups excluding carboxylic acids is 2. The summed E-state index contributed by atoms with van der Waals surface area (Å²) in [6.07, 6.45) is -3.72. The molecule has 2 aliphatic rings. The number of carbonyl (C=O) groups is 2. The zero-order chi connectivity index (χ0) is 28.6. The van der Waals surface area contributed by atoms with E-state index in [2.05, 4.69) is 4.72 Å². The van der Waals surface area contributed by atoms with E-state index in [0.29, 0.717) is 25.1 Å². The van der Waals surface area contributed by atoms with Crippen LogP contribution in [-0.2, 0) is 25.8 Å². The van der Waals surface area contributed by atoms with Crippen LogP contribution in [0.4, 0.5) is 13.2 Å². The van der Waals surface area contributed by atoms with E-state index in [0.717, 1.165) is 12.1 Å². The van der Waals surface area contributed by atoms with Gasteiger partial charge in [0.25, 0.3) is 0 Å². The van der Waals surface area contributed by atoms with Gasteiger partial charge in [0.2, 0.25) is 21.8 Å². The fourth-order valence-electron chi connectivity index (χ4n) is 5.18. The number of hydrogen-bond acceptors (Lipinski definition) is 4. The monoisotopic (exact) mass is 565 g/mol. The van der Waals surface area contributed by atoms with Crippen molar-refractivity contribution < 1.29 is 31.2 Å². The van der Waals surface area contributed by atoms with Crippen LogP contribution in [0.1, 0.15) is 45.6 Å². The van der Waals surface area contributed by atoms with Crippen LogP contribution >= 0.6 is 0 Å². The molecule has 1 N–H and O–H groups in total. The molecular weight excluding hydrogens is 531 g/mol. The number of sulfonamides is 1. The molecule has 2 aromatic carbocycles. The second kappa shape index (κ2) is 10.9. The van der Waals surface area contributed by atoms with Crippen molar-refractivity contribution in [3.8, 4) is 11.1 Å². The summed E-state index contributed by atoms with van der Waals surface area (Å²) in [7, 11) is -4.47. The molecule has 11 heteroatoms. The third-order valence-corrected chi connectivity index (χ3v) is 8.86. The van der Waals surface area contributed by atoms with E-state index in [1.165, 1.54) is 6.07 Å². The molecule has 39 heavy (non-hydrogen) atoms. The first-order valence-corrected chi connectivity index (χ1v) is 14.5. The standard InChI is InChI=1S/C28H34F3N3O4S/c1-27(2,3)26(36)34-14-11-21(18-34)25(35)33-15-12-22(13-16-33)32-39(37,38)24-10-9-20(17-23(24)28(29,30)31)19-7-5-4-6-8-19/h4-10,17,21-22,32H,11-16,18H2,1-3H3. The Morgan fingerprint density at radius 2 is 1.49 bits per heavy atom. The number of rotatable bonds is 5. The lowest BCUT2D eigenvalue weighted by Gasteiger charge is -2.34. The molecule has 2 fully saturated rings. The van der Waals surface area contributed by atoms with Gasteiger partial charge in [0, 0.05) is 37.6 Å². The summed E-state index contributed by atoms with van der Waals surface area (Å²) >= 11 is 0. The van der Waals surface area contributed by atoms with Crippen LogP contribution in [0.15, 0.2) is 53.4 Å². The molecule has 1 unspecified atom stereocenters. The van der Waals surface area contributed by atoms with Gasteiger partial charge in [-0.05, 0) is 42.5 Å². The van der Waals surface area contributed by atoms with Gasteiger partial charge < -0.3 is 9.80 Å². The number of alkyl halides is 3. The van der Waals surface area contributed by atoms with Crippen molar-refractivity contribution >= 4 is 21.8 Å². The molecule has 0 aromatic heterocycles. The van der Waals surface area contributed by atoms with Gasteiger partial charge in [0.1, 0.15) is 0 Å². The van der Waals surface area contributed by atoms with E-state index in [4.69, 9.17) is 0 Å². The zero-order valence-corrected chi connectivity index (χ0v) is 23.1. The number of piperidine rings is 1. The van der Waals surface area contributed by atoms with Crippen LogP contribution in [-0.4, -0.2) is 62.3 Å². The summed E-state index contributed by atoms with van der Waals surface area (Å²) in [6.45, 7) is 6.97. The molecule has 0 saturated carbocycles. The molecule has 2 heterocycles. The summed E-state index contributed by atoms with van der Waals surface area (Å²) in [5, 5.41) is 0. The molecule has 0 spiro atoms. The highest BCUT2D eigenvalue weighted by atomic mass is 32.2. The quantitative estimate of drug-likeness (QED) is 0.577. The smallest absolute Gasteiger partial charge is 0.342 e. The molecule has 212 valence electrons. The molecular formula is C28H34F3N3O4S. The minimum absolute atomic E-state index is 0.000872. The van der Waals surface area contributed by atoms with Crippen molar-refractivity contribution in [2.45, 2.75) is 57.1 Å². The van der Waals surface area contributed by atoms with Crippen molar-refractivity contribution in [1.82, 2.24) is 14.5 Å². The molecule has 7 nitrogen and oxygen atoms in total. The number of likely N-dealkylation sites (tertiary alicyclic amines) is 2. The fraction of sp³-hybridized carbons (Fsp3) is 0.500. The first kappa shape index (κ1) is 29.1. The SMILES string of the molecule is CC(C)(C)C(=O)N1CCC(C(=O)N2CCC(NS(=O)(=O)c3ccc(-c4ccccc4)cc3C(F)(F)F)CC2)C1. The van der Waals surface area contributed by atoms with Crippen LogP contribution in [0.5, 0.6) is 0 Å². The Balaban J connectivity index is 1.40. The van der Waals surface area contributed by atoms with Gasteiger partial charge in [-0.1, -0.05) is 57.2 Å². The van der Waals surface area contributed by atoms with Crippen LogP contribution in [0.25, 0.3) is 11.1 Å². The summed E-state index contributed by atoms with van der Waals surface area (Å²) in [5.74, 6) is -0.376. The highest BCUT2D eigenvalue weighted by molar-refractivity contribution is 7.89. The maximum Gasteiger partial charge on any atom is 0.417 e. The molecule has 2 saturated heterocycles. The predicted octanol–water partition coefficient (Wildman–Crippen LogP) is 4.54. The van der Waals surface area contributed by atoms with Crippen LogP contribution < -0.4 is 4.72 Å². The van der Waals surface area contributed by atoms with Gasteiger partial charge in [-0.3, -0.25) is 9.59 Å². The van der Waals surface area contributed by atoms with Gasteiger partial charge in [0.15, 0.2) is 0 Å². The van der Waals surface area contributed by atoms with Gasteiger partial charge >= 0.3 is 6.18 Å². The highest BCUT2D eigenvalue weighted by Crippen LogP contribution is 2.37. The Morgan fingerprint density at radius 3 is 2.08 bits per heavy atom. The summed E-state index contributed by atoms with van der Waals surface area (Å²) in [6, 6.07) is 11.1. The van der Waals surface area contributed by atoms with E-state index in [-0.39, 0.29) is 49.2 Å². The molecule has 2 aliphatic heterocycles. The minimum atomic E-state index is -4.87. The summed E-state index contributed by atoms with van der Waals surface area (Å²) in [4.78, 5) is 28.2. The summed E-state index contributed by atoms with van der Waals surface area (Å²) in [5.41, 5.74) is -0.936. The molecule has 2 amide bonds. The third-order valence-electron chi connectivity index (χ3n) is 7.28. The normalized spacial score (nSPS) is 19.4. The zero-order valence-electron chi connectivity index (χ0n) is 22.3. The predicted molar refractivity (Wildman–Crippen MR) is 141 cm³/mol. The van der Waals surface area contributed by atoms with Gasteiger partial charge in [0.05, 0.1) is 16.4 Å². The van der Waals surface area contributed by atoms with E-state index < -0.39 is 38.1 Å². The second-order valence-corrected chi connectivity index (χ2v) is 13.0. The number of hydrogen-bond donors (Lipinski definition) is 1. The molecule has 0 aliphatic carbocycles. The number of amides is 2. The maximum atomic E-state index is 13.9. The number of nitrogens with one attached hydrogen (secondary N) is 1. The molecule has 0 radical (unpaired) electrons. The van der Waals surface area contributed by atoms with Crippen LogP contribution in [0.3, 0.4) is 0 Å². The minimum Gasteiger partial charge on any atom is -0.342 e. The average Bonchev–Trinajstić information content (AvgIpc) is 3.37. The number of nitrogens with zero attached hydrogens (tertiary/aromatic N) is 2. The molecule has 2 aromatic rings. The van der Waals surface area contributed by atoms with Gasteiger partial charge in [-0.25, -0.2) is 13.1 Å². The second-order valence-electron chi connectivity index (χ2n) is 11.3. The lowest BCUT2D eigenvalue weighted by Crippen LogP contribution is -2.48. The Hall–Kier alpha value is -2.92. The van der Waals surface area contributed by atoms with Crippen molar-refractivity contribution in [2.24, 2.45) is 11.3 Å². The largest absolute Gasteiger partial charge is 0.417 e. The lowest BCUT2D eigenvalue weighted by molar-refractivity contribution is -0.140. The van der Waals surface area contributed by atoms with E-state index >= 15 is 0 Å². The van der Waals surface area contributed by atoms with E-state index in [1.54, 1.807) is 40.1 Å². The van der Waals surface area contributed by atoms with Crippen molar-refractivity contribution in [3.05, 3.63) is 54.1 Å². The highest BCUT2D eigenvalue weighted by Gasteiger charge is 2.40. The maximum absolute atomic E-state index is 13.9. The fourth-order valence-corrected chi connectivity index (χ4v) is 6.69. The van der Waals surface area contributed by atoms with E-state index in [9.17, 15) is 31.2 Å². The Labute approximate surface area is 227 Å². The van der Waals surface area contributed by atoms with Crippen molar-refractivity contribution in [1.29, 1.82) is 0 Å². The lowest BCUT2D eigenvalue weighted by atomic mass is 9.95. The van der Waals surface area contributed by atoms with Crippen LogP contribution in [0.2, 0.25) is 0 Å². The average molecular weight is 566 g/mol. The molecule has 0 bridgehead atoms. The third kappa shape index (κ3) is 6.63.